The summed E-state index contributed by atoms with van der Waals surface area (Å²) in [6.45, 7) is 2.49. The third-order valence-corrected chi connectivity index (χ3v) is 8.07. The van der Waals surface area contributed by atoms with Crippen molar-refractivity contribution in [3.05, 3.63) is 71.3 Å². The van der Waals surface area contributed by atoms with Crippen molar-refractivity contribution in [1.29, 1.82) is 0 Å². The minimum absolute atomic E-state index is 0.00315. The molecular formula is C27H27N3O3S3. The Hall–Kier alpha value is -2.88. The van der Waals surface area contributed by atoms with Crippen LogP contribution in [0.2, 0.25) is 0 Å². The van der Waals surface area contributed by atoms with Gasteiger partial charge in [-0.25, -0.2) is 4.68 Å². The van der Waals surface area contributed by atoms with E-state index in [2.05, 4.69) is 31.2 Å². The molecule has 1 amide bonds. The van der Waals surface area contributed by atoms with Crippen LogP contribution in [-0.2, 0) is 9.59 Å². The standard InChI is InChI=1S/C27H27N3O3S3/c1-2-3-16-35-22-13-11-19(12-14-22)25-20(18-30(28-25)21-8-5-4-6-9-21)17-23-26(33)29(27(34)36-23)15-7-10-24(31)32/h4-6,8-9,11-14,17-18H,2-3,7,10,15-16H2,1H3,(H,31,32). The Morgan fingerprint density at radius 2 is 1.89 bits per heavy atom. The van der Waals surface area contributed by atoms with Gasteiger partial charge in [-0.2, -0.15) is 5.10 Å². The number of aliphatic carboxylic acids is 1. The van der Waals surface area contributed by atoms with E-state index in [9.17, 15) is 9.59 Å². The van der Waals surface area contributed by atoms with Crippen molar-refractivity contribution in [3.8, 4) is 16.9 Å². The van der Waals surface area contributed by atoms with Crippen LogP contribution in [0.5, 0.6) is 0 Å². The Kier molecular flexibility index (Phi) is 9.01. The molecule has 1 aliphatic rings. The molecule has 2 aromatic carbocycles. The lowest BCUT2D eigenvalue weighted by atomic mass is 10.1. The molecule has 1 N–H and O–H groups in total. The monoisotopic (exact) mass is 537 g/mol. The van der Waals surface area contributed by atoms with Crippen LogP contribution in [-0.4, -0.2) is 48.3 Å². The van der Waals surface area contributed by atoms with Crippen molar-refractivity contribution in [1.82, 2.24) is 14.7 Å². The average Bonchev–Trinajstić information content (AvgIpc) is 3.41. The van der Waals surface area contributed by atoms with Crippen LogP contribution in [0.25, 0.3) is 23.0 Å². The minimum Gasteiger partial charge on any atom is -0.481 e. The molecule has 36 heavy (non-hydrogen) atoms. The molecule has 0 saturated carbocycles. The average molecular weight is 538 g/mol. The number of carbonyl (C=O) groups is 2. The highest BCUT2D eigenvalue weighted by molar-refractivity contribution is 8.26. The van der Waals surface area contributed by atoms with E-state index in [1.165, 1.54) is 34.4 Å². The number of carboxylic acid groups (broad SMARTS) is 1. The molecule has 0 radical (unpaired) electrons. The zero-order chi connectivity index (χ0) is 25.5. The number of para-hydroxylation sites is 1. The third-order valence-electron chi connectivity index (χ3n) is 5.59. The summed E-state index contributed by atoms with van der Waals surface area (Å²) >= 11 is 8.50. The number of hydrogen-bond acceptors (Lipinski definition) is 6. The number of carboxylic acids is 1. The summed E-state index contributed by atoms with van der Waals surface area (Å²) < 4.78 is 2.26. The molecule has 1 saturated heterocycles. The van der Waals surface area contributed by atoms with E-state index >= 15 is 0 Å². The predicted molar refractivity (Wildman–Crippen MR) is 151 cm³/mol. The molecule has 3 aromatic rings. The van der Waals surface area contributed by atoms with Crippen molar-refractivity contribution in [2.75, 3.05) is 12.3 Å². The molecule has 1 fully saturated rings. The first kappa shape index (κ1) is 26.2. The SMILES string of the molecule is CCCCSc1ccc(-c2nn(-c3ccccc3)cc2C=C2SC(=S)N(CCCC(=O)O)C2=O)cc1. The van der Waals surface area contributed by atoms with Gasteiger partial charge in [0.25, 0.3) is 5.91 Å². The lowest BCUT2D eigenvalue weighted by Gasteiger charge is -2.13. The molecule has 186 valence electrons. The highest BCUT2D eigenvalue weighted by atomic mass is 32.2. The molecule has 0 unspecified atom stereocenters. The maximum Gasteiger partial charge on any atom is 0.303 e. The molecule has 9 heteroatoms. The zero-order valence-corrected chi connectivity index (χ0v) is 22.4. The summed E-state index contributed by atoms with van der Waals surface area (Å²) in [5, 5.41) is 13.8. The Morgan fingerprint density at radius 1 is 1.14 bits per heavy atom. The second-order valence-electron chi connectivity index (χ2n) is 8.27. The third kappa shape index (κ3) is 6.46. The molecule has 0 spiro atoms. The summed E-state index contributed by atoms with van der Waals surface area (Å²) in [5.74, 6) is 0.0121. The van der Waals surface area contributed by atoms with Gasteiger partial charge in [0.15, 0.2) is 0 Å². The highest BCUT2D eigenvalue weighted by Crippen LogP contribution is 2.35. The fraction of sp³-hybridized carbons (Fsp3) is 0.259. The number of nitrogens with zero attached hydrogens (tertiary/aromatic N) is 3. The second kappa shape index (κ2) is 12.4. The molecule has 1 aromatic heterocycles. The second-order valence-corrected chi connectivity index (χ2v) is 11.1. The topological polar surface area (TPSA) is 75.4 Å². The first-order valence-corrected chi connectivity index (χ1v) is 14.0. The molecule has 4 rings (SSSR count). The van der Waals surface area contributed by atoms with Gasteiger partial charge in [0.2, 0.25) is 0 Å². The normalized spacial score (nSPS) is 14.7. The Balaban J connectivity index is 1.64. The summed E-state index contributed by atoms with van der Waals surface area (Å²) in [4.78, 5) is 27.1. The quantitative estimate of drug-likeness (QED) is 0.130. The summed E-state index contributed by atoms with van der Waals surface area (Å²) in [6.07, 6.45) is 6.48. The predicted octanol–water partition coefficient (Wildman–Crippen LogP) is 6.50. The van der Waals surface area contributed by atoms with Crippen LogP contribution in [0.4, 0.5) is 0 Å². The van der Waals surface area contributed by atoms with Gasteiger partial charge in [-0.1, -0.05) is 67.7 Å². The fourth-order valence-corrected chi connectivity index (χ4v) is 5.99. The van der Waals surface area contributed by atoms with Crippen molar-refractivity contribution >= 4 is 58.0 Å². The number of hydrogen-bond donors (Lipinski definition) is 1. The van der Waals surface area contributed by atoms with Crippen LogP contribution in [0.3, 0.4) is 0 Å². The van der Waals surface area contributed by atoms with Gasteiger partial charge >= 0.3 is 5.97 Å². The minimum atomic E-state index is -0.885. The number of aromatic nitrogens is 2. The van der Waals surface area contributed by atoms with Gasteiger partial charge in [0.1, 0.15) is 4.32 Å². The molecular weight excluding hydrogens is 511 g/mol. The van der Waals surface area contributed by atoms with Crippen molar-refractivity contribution < 1.29 is 14.7 Å². The van der Waals surface area contributed by atoms with Gasteiger partial charge in [-0.3, -0.25) is 14.5 Å². The van der Waals surface area contributed by atoms with E-state index in [4.69, 9.17) is 22.4 Å². The lowest BCUT2D eigenvalue weighted by molar-refractivity contribution is -0.137. The van der Waals surface area contributed by atoms with E-state index in [1.807, 2.05) is 59.0 Å². The van der Waals surface area contributed by atoms with Gasteiger partial charge < -0.3 is 5.11 Å². The highest BCUT2D eigenvalue weighted by Gasteiger charge is 2.32. The van der Waals surface area contributed by atoms with Crippen LogP contribution in [0.15, 0.2) is 70.6 Å². The van der Waals surface area contributed by atoms with Crippen molar-refractivity contribution in [3.63, 3.8) is 0 Å². The molecule has 0 atom stereocenters. The van der Waals surface area contributed by atoms with Gasteiger partial charge in [0.05, 0.1) is 16.3 Å². The van der Waals surface area contributed by atoms with E-state index < -0.39 is 5.97 Å². The van der Waals surface area contributed by atoms with E-state index in [1.54, 1.807) is 0 Å². The van der Waals surface area contributed by atoms with E-state index in [-0.39, 0.29) is 12.3 Å². The first-order valence-electron chi connectivity index (χ1n) is 11.8. The first-order chi connectivity index (χ1) is 17.5. The van der Waals surface area contributed by atoms with E-state index in [0.29, 0.717) is 22.2 Å². The summed E-state index contributed by atoms with van der Waals surface area (Å²) in [6, 6.07) is 18.2. The fourth-order valence-electron chi connectivity index (χ4n) is 3.70. The molecule has 2 heterocycles. The van der Waals surface area contributed by atoms with E-state index in [0.717, 1.165) is 28.3 Å². The molecule has 0 bridgehead atoms. The van der Waals surface area contributed by atoms with Crippen molar-refractivity contribution in [2.45, 2.75) is 37.5 Å². The Labute approximate surface area is 224 Å². The number of unbranched alkanes of at least 4 members (excludes halogenated alkanes) is 1. The van der Waals surface area contributed by atoms with Crippen molar-refractivity contribution in [2.24, 2.45) is 0 Å². The number of carbonyl (C=O) groups excluding carboxylic acids is 1. The maximum atomic E-state index is 13.1. The van der Waals surface area contributed by atoms with Gasteiger partial charge in [-0.15, -0.1) is 11.8 Å². The summed E-state index contributed by atoms with van der Waals surface area (Å²) in [7, 11) is 0. The smallest absolute Gasteiger partial charge is 0.303 e. The van der Waals surface area contributed by atoms with Crippen LogP contribution in [0.1, 0.15) is 38.2 Å². The molecule has 1 aliphatic heterocycles. The number of rotatable bonds is 11. The lowest BCUT2D eigenvalue weighted by Crippen LogP contribution is -2.29. The largest absolute Gasteiger partial charge is 0.481 e. The van der Waals surface area contributed by atoms with Crippen LogP contribution < -0.4 is 0 Å². The Morgan fingerprint density at radius 3 is 2.58 bits per heavy atom. The number of thiocarbonyl (C=S) groups is 1. The molecule has 0 aliphatic carbocycles. The molecule has 6 nitrogen and oxygen atoms in total. The zero-order valence-electron chi connectivity index (χ0n) is 19.9. The maximum absolute atomic E-state index is 13.1. The number of amides is 1. The van der Waals surface area contributed by atoms with Gasteiger partial charge in [-0.05, 0) is 48.9 Å². The number of thioether (sulfide) groups is 2. The Bertz CT molecular complexity index is 1270. The van der Waals surface area contributed by atoms with Crippen LogP contribution in [0, 0.1) is 0 Å². The van der Waals surface area contributed by atoms with Crippen LogP contribution >= 0.6 is 35.7 Å². The number of benzene rings is 2. The summed E-state index contributed by atoms with van der Waals surface area (Å²) in [5.41, 5.74) is 3.48. The van der Waals surface area contributed by atoms with Gasteiger partial charge in [0, 0.05) is 35.2 Å².